The van der Waals surface area contributed by atoms with Crippen molar-refractivity contribution in [2.24, 2.45) is 0 Å². The lowest BCUT2D eigenvalue weighted by Gasteiger charge is -2.18. The van der Waals surface area contributed by atoms with E-state index in [9.17, 15) is 15.2 Å². The fourth-order valence-electron chi connectivity index (χ4n) is 1.61. The van der Waals surface area contributed by atoms with Crippen LogP contribution in [0, 0.1) is 10.1 Å². The number of nitro groups is 1. The third-order valence-electron chi connectivity index (χ3n) is 2.57. The van der Waals surface area contributed by atoms with Crippen LogP contribution >= 0.6 is 15.9 Å². The van der Waals surface area contributed by atoms with Gasteiger partial charge in [0, 0.05) is 29.5 Å². The van der Waals surface area contributed by atoms with E-state index in [1.54, 1.807) is 24.1 Å². The highest BCUT2D eigenvalue weighted by Crippen LogP contribution is 2.32. The minimum absolute atomic E-state index is 0.0926. The van der Waals surface area contributed by atoms with Gasteiger partial charge in [0.1, 0.15) is 5.75 Å². The molecule has 2 rings (SSSR count). The lowest BCUT2D eigenvalue weighted by molar-refractivity contribution is -0.384. The molecule has 0 saturated carbocycles. The molecule has 1 N–H and O–H groups in total. The Morgan fingerprint density at radius 3 is 2.58 bits per heavy atom. The highest BCUT2D eigenvalue weighted by atomic mass is 79.9. The number of nitrogens with zero attached hydrogens (tertiary/aromatic N) is 3. The average Bonchev–Trinajstić information content (AvgIpc) is 2.38. The Labute approximate surface area is 117 Å². The van der Waals surface area contributed by atoms with Crippen LogP contribution in [0.4, 0.5) is 17.2 Å². The number of benzene rings is 1. The summed E-state index contributed by atoms with van der Waals surface area (Å²) < 4.78 is 0.544. The highest BCUT2D eigenvalue weighted by molar-refractivity contribution is 9.10. The Morgan fingerprint density at radius 2 is 2.00 bits per heavy atom. The molecule has 7 heteroatoms. The van der Waals surface area contributed by atoms with Gasteiger partial charge in [-0.05, 0) is 40.2 Å². The van der Waals surface area contributed by atoms with Crippen LogP contribution in [-0.4, -0.2) is 22.1 Å². The van der Waals surface area contributed by atoms with Crippen LogP contribution in [0.15, 0.2) is 41.0 Å². The maximum Gasteiger partial charge on any atom is 0.313 e. The zero-order valence-electron chi connectivity index (χ0n) is 9.95. The molecule has 1 heterocycles. The molecule has 0 spiro atoms. The smallest absolute Gasteiger partial charge is 0.313 e. The highest BCUT2D eigenvalue weighted by Gasteiger charge is 2.20. The van der Waals surface area contributed by atoms with E-state index in [-0.39, 0.29) is 17.3 Å². The largest absolute Gasteiger partial charge is 0.508 e. The molecule has 1 aromatic heterocycles. The van der Waals surface area contributed by atoms with Crippen molar-refractivity contribution < 1.29 is 10.0 Å². The SMILES string of the molecule is CN(c1ccc(O)cc1)c1ncc(Br)cc1[N+](=O)[O-]. The van der Waals surface area contributed by atoms with Gasteiger partial charge in [-0.25, -0.2) is 4.98 Å². The van der Waals surface area contributed by atoms with Gasteiger partial charge in [-0.1, -0.05) is 0 Å². The third-order valence-corrected chi connectivity index (χ3v) is 3.00. The molecular formula is C12H10BrN3O3. The van der Waals surface area contributed by atoms with Gasteiger partial charge in [-0.15, -0.1) is 0 Å². The molecule has 0 saturated heterocycles. The van der Waals surface area contributed by atoms with Gasteiger partial charge in [0.2, 0.25) is 5.82 Å². The van der Waals surface area contributed by atoms with Crippen LogP contribution in [0.2, 0.25) is 0 Å². The molecule has 0 unspecified atom stereocenters. The number of aromatic nitrogens is 1. The van der Waals surface area contributed by atoms with Gasteiger partial charge < -0.3 is 10.0 Å². The quantitative estimate of drug-likeness (QED) is 0.693. The van der Waals surface area contributed by atoms with Crippen molar-refractivity contribution in [2.45, 2.75) is 0 Å². The number of phenols is 1. The van der Waals surface area contributed by atoms with Crippen molar-refractivity contribution in [1.82, 2.24) is 4.98 Å². The molecule has 19 heavy (non-hydrogen) atoms. The van der Waals surface area contributed by atoms with Crippen molar-refractivity contribution in [3.05, 3.63) is 51.1 Å². The van der Waals surface area contributed by atoms with Crippen LogP contribution < -0.4 is 4.90 Å². The van der Waals surface area contributed by atoms with Crippen molar-refractivity contribution in [3.8, 4) is 5.75 Å². The fourth-order valence-corrected chi connectivity index (χ4v) is 1.93. The van der Waals surface area contributed by atoms with Crippen LogP contribution in [0.5, 0.6) is 5.75 Å². The second-order valence-corrected chi connectivity index (χ2v) is 4.74. The van der Waals surface area contributed by atoms with Crippen molar-refractivity contribution >= 4 is 33.1 Å². The number of rotatable bonds is 3. The summed E-state index contributed by atoms with van der Waals surface area (Å²) >= 11 is 3.16. The summed E-state index contributed by atoms with van der Waals surface area (Å²) in [4.78, 5) is 16.2. The fraction of sp³-hybridized carbons (Fsp3) is 0.0833. The predicted octanol–water partition coefficient (Wildman–Crippen LogP) is 3.23. The molecule has 98 valence electrons. The summed E-state index contributed by atoms with van der Waals surface area (Å²) in [6.45, 7) is 0. The molecule has 0 amide bonds. The van der Waals surface area contributed by atoms with Gasteiger partial charge in [0.05, 0.1) is 4.92 Å². The molecule has 0 fully saturated rings. The standard InChI is InChI=1S/C12H10BrN3O3/c1-15(9-2-4-10(17)5-3-9)12-11(16(18)19)6-8(13)7-14-12/h2-7,17H,1H3. The van der Waals surface area contributed by atoms with Gasteiger partial charge in [-0.2, -0.15) is 0 Å². The number of phenolic OH excluding ortho intramolecular Hbond substituents is 1. The third kappa shape index (κ3) is 2.82. The molecule has 0 aliphatic carbocycles. The number of halogens is 1. The summed E-state index contributed by atoms with van der Waals surface area (Å²) in [6, 6.07) is 7.73. The average molecular weight is 324 g/mol. The minimum Gasteiger partial charge on any atom is -0.508 e. The number of aromatic hydroxyl groups is 1. The zero-order valence-corrected chi connectivity index (χ0v) is 11.5. The maximum atomic E-state index is 11.0. The molecule has 1 aromatic carbocycles. The van der Waals surface area contributed by atoms with E-state index < -0.39 is 4.92 Å². The Kier molecular flexibility index (Phi) is 3.66. The Bertz CT molecular complexity index is 616. The molecule has 0 radical (unpaired) electrons. The normalized spacial score (nSPS) is 10.2. The van der Waals surface area contributed by atoms with Crippen LogP contribution in [0.3, 0.4) is 0 Å². The molecule has 0 aliphatic rings. The first-order chi connectivity index (χ1) is 8.99. The molecule has 0 atom stereocenters. The summed E-state index contributed by atoms with van der Waals surface area (Å²) in [5.41, 5.74) is 0.598. The van der Waals surface area contributed by atoms with Gasteiger partial charge in [0.15, 0.2) is 0 Å². The first-order valence-electron chi connectivity index (χ1n) is 5.31. The minimum atomic E-state index is -0.482. The second-order valence-electron chi connectivity index (χ2n) is 3.83. The van der Waals surface area contributed by atoms with E-state index in [4.69, 9.17) is 0 Å². The number of hydrogen-bond donors (Lipinski definition) is 1. The Balaban J connectivity index is 2.46. The lowest BCUT2D eigenvalue weighted by atomic mass is 10.2. The van der Waals surface area contributed by atoms with Crippen molar-refractivity contribution in [3.63, 3.8) is 0 Å². The molecular weight excluding hydrogens is 314 g/mol. The molecule has 6 nitrogen and oxygen atoms in total. The van der Waals surface area contributed by atoms with Crippen molar-refractivity contribution in [1.29, 1.82) is 0 Å². The van der Waals surface area contributed by atoms with Gasteiger partial charge in [0.25, 0.3) is 0 Å². The number of pyridine rings is 1. The van der Waals surface area contributed by atoms with Crippen LogP contribution in [0.25, 0.3) is 0 Å². The summed E-state index contributed by atoms with van der Waals surface area (Å²) in [5.74, 6) is 0.370. The van der Waals surface area contributed by atoms with Crippen molar-refractivity contribution in [2.75, 3.05) is 11.9 Å². The monoisotopic (exact) mass is 323 g/mol. The maximum absolute atomic E-state index is 11.0. The number of hydrogen-bond acceptors (Lipinski definition) is 5. The van der Waals surface area contributed by atoms with Crippen LogP contribution in [0.1, 0.15) is 0 Å². The van der Waals surface area contributed by atoms with E-state index in [0.29, 0.717) is 10.2 Å². The van der Waals surface area contributed by atoms with E-state index >= 15 is 0 Å². The Hall–Kier alpha value is -2.15. The van der Waals surface area contributed by atoms with Gasteiger partial charge in [-0.3, -0.25) is 10.1 Å². The van der Waals surface area contributed by atoms with E-state index in [0.717, 1.165) is 0 Å². The van der Waals surface area contributed by atoms with Gasteiger partial charge >= 0.3 is 5.69 Å². The first-order valence-corrected chi connectivity index (χ1v) is 6.11. The zero-order chi connectivity index (χ0) is 14.0. The van der Waals surface area contributed by atoms with E-state index in [1.807, 2.05) is 0 Å². The van der Waals surface area contributed by atoms with E-state index in [1.165, 1.54) is 24.4 Å². The Morgan fingerprint density at radius 1 is 1.37 bits per heavy atom. The topological polar surface area (TPSA) is 79.5 Å². The lowest BCUT2D eigenvalue weighted by Crippen LogP contribution is -2.13. The molecule has 0 bridgehead atoms. The molecule has 0 aliphatic heterocycles. The van der Waals surface area contributed by atoms with Crippen LogP contribution in [-0.2, 0) is 0 Å². The van der Waals surface area contributed by atoms with E-state index in [2.05, 4.69) is 20.9 Å². The molecule has 2 aromatic rings. The first kappa shape index (κ1) is 13.3. The second kappa shape index (κ2) is 5.23. The number of anilines is 2. The summed E-state index contributed by atoms with van der Waals surface area (Å²) in [6.07, 6.45) is 1.50. The summed E-state index contributed by atoms with van der Waals surface area (Å²) in [5, 5.41) is 20.3. The predicted molar refractivity (Wildman–Crippen MR) is 74.8 cm³/mol. The summed E-state index contributed by atoms with van der Waals surface area (Å²) in [7, 11) is 1.68.